The van der Waals surface area contributed by atoms with Gasteiger partial charge in [-0.25, -0.2) is 0 Å². The van der Waals surface area contributed by atoms with Crippen molar-refractivity contribution in [3.8, 4) is 0 Å². The lowest BCUT2D eigenvalue weighted by Gasteiger charge is -2.22. The molecular formula is C15H17NO3S2. The number of aliphatic hydroxyl groups is 1. The third kappa shape index (κ3) is 4.00. The summed E-state index contributed by atoms with van der Waals surface area (Å²) in [6, 6.07) is 8.43. The predicted octanol–water partition coefficient (Wildman–Crippen LogP) is 2.12. The van der Waals surface area contributed by atoms with Gasteiger partial charge in [-0.05, 0) is 53.6 Å². The zero-order chi connectivity index (χ0) is 15.5. The van der Waals surface area contributed by atoms with E-state index in [4.69, 9.17) is 0 Å². The van der Waals surface area contributed by atoms with Gasteiger partial charge < -0.3 is 10.4 Å². The average molecular weight is 323 g/mol. The molecule has 1 aromatic carbocycles. The van der Waals surface area contributed by atoms with Crippen LogP contribution in [-0.2, 0) is 16.4 Å². The van der Waals surface area contributed by atoms with Crippen LogP contribution in [-0.4, -0.2) is 28.0 Å². The maximum Gasteiger partial charge on any atom is 0.251 e. The Morgan fingerprint density at radius 1 is 1.33 bits per heavy atom. The number of amides is 1. The van der Waals surface area contributed by atoms with Crippen molar-refractivity contribution < 1.29 is 14.1 Å². The van der Waals surface area contributed by atoms with Gasteiger partial charge in [-0.15, -0.1) is 0 Å². The van der Waals surface area contributed by atoms with Crippen molar-refractivity contribution in [2.45, 2.75) is 17.4 Å². The molecule has 0 saturated heterocycles. The third-order valence-corrected chi connectivity index (χ3v) is 4.80. The van der Waals surface area contributed by atoms with Crippen LogP contribution in [0.25, 0.3) is 0 Å². The Labute approximate surface area is 130 Å². The maximum absolute atomic E-state index is 12.0. The molecule has 2 N–H and O–H groups in total. The third-order valence-electron chi connectivity index (χ3n) is 3.18. The summed E-state index contributed by atoms with van der Waals surface area (Å²) in [6.07, 6.45) is 1.59. The standard InChI is InChI=1S/C15H17NO3S2/c1-15(18,12-7-8-20-9-12)10-16-14(17)11-3-5-13(6-4-11)21(2)19/h3-9,18H,10H2,1-2H3,(H,16,17). The molecule has 6 heteroatoms. The van der Waals surface area contributed by atoms with Crippen LogP contribution >= 0.6 is 11.3 Å². The molecule has 1 amide bonds. The van der Waals surface area contributed by atoms with E-state index in [1.165, 1.54) is 11.3 Å². The molecular weight excluding hydrogens is 306 g/mol. The van der Waals surface area contributed by atoms with Crippen LogP contribution in [0.5, 0.6) is 0 Å². The second kappa shape index (κ2) is 6.51. The van der Waals surface area contributed by atoms with Gasteiger partial charge in [0.2, 0.25) is 0 Å². The first-order valence-electron chi connectivity index (χ1n) is 6.37. The average Bonchev–Trinajstić information content (AvgIpc) is 3.00. The van der Waals surface area contributed by atoms with Crippen LogP contribution in [0.1, 0.15) is 22.8 Å². The summed E-state index contributed by atoms with van der Waals surface area (Å²) in [6.45, 7) is 1.79. The van der Waals surface area contributed by atoms with Crippen LogP contribution in [0.15, 0.2) is 46.0 Å². The lowest BCUT2D eigenvalue weighted by atomic mass is 9.99. The Morgan fingerprint density at radius 2 is 2.00 bits per heavy atom. The minimum atomic E-state index is -1.10. The normalized spacial score (nSPS) is 15.2. The molecule has 0 aliphatic heterocycles. The van der Waals surface area contributed by atoms with E-state index in [1.54, 1.807) is 37.4 Å². The van der Waals surface area contributed by atoms with E-state index in [0.29, 0.717) is 10.5 Å². The van der Waals surface area contributed by atoms with Gasteiger partial charge in [-0.1, -0.05) is 0 Å². The van der Waals surface area contributed by atoms with Crippen molar-refractivity contribution in [2.75, 3.05) is 12.8 Å². The fourth-order valence-electron chi connectivity index (χ4n) is 1.83. The number of hydrogen-bond acceptors (Lipinski definition) is 4. The first kappa shape index (κ1) is 15.9. The number of thiophene rings is 1. The molecule has 1 heterocycles. The van der Waals surface area contributed by atoms with Gasteiger partial charge in [0.25, 0.3) is 5.91 Å². The number of hydrogen-bond donors (Lipinski definition) is 2. The van der Waals surface area contributed by atoms with Crippen LogP contribution in [0.4, 0.5) is 0 Å². The molecule has 2 atom stereocenters. The Hall–Kier alpha value is -1.50. The molecule has 0 spiro atoms. The van der Waals surface area contributed by atoms with Gasteiger partial charge in [0, 0.05) is 27.5 Å². The van der Waals surface area contributed by atoms with Crippen molar-refractivity contribution in [3.63, 3.8) is 0 Å². The van der Waals surface area contributed by atoms with E-state index < -0.39 is 16.4 Å². The molecule has 4 nitrogen and oxygen atoms in total. The number of carbonyl (C=O) groups is 1. The molecule has 21 heavy (non-hydrogen) atoms. The maximum atomic E-state index is 12.0. The number of rotatable bonds is 5. The molecule has 112 valence electrons. The van der Waals surface area contributed by atoms with Gasteiger partial charge in [-0.2, -0.15) is 11.3 Å². The summed E-state index contributed by atoms with van der Waals surface area (Å²) in [5, 5.41) is 16.8. The Balaban J connectivity index is 2.00. The number of benzene rings is 1. The molecule has 0 aliphatic rings. The Bertz CT molecular complexity index is 633. The molecule has 0 radical (unpaired) electrons. The topological polar surface area (TPSA) is 66.4 Å². The van der Waals surface area contributed by atoms with Crippen molar-refractivity contribution in [2.24, 2.45) is 0 Å². The second-order valence-electron chi connectivity index (χ2n) is 4.95. The fourth-order valence-corrected chi connectivity index (χ4v) is 3.13. The second-order valence-corrected chi connectivity index (χ2v) is 7.11. The van der Waals surface area contributed by atoms with E-state index >= 15 is 0 Å². The van der Waals surface area contributed by atoms with Crippen LogP contribution in [0.2, 0.25) is 0 Å². The lowest BCUT2D eigenvalue weighted by Crippen LogP contribution is -2.38. The molecule has 0 fully saturated rings. The minimum absolute atomic E-state index is 0.129. The highest BCUT2D eigenvalue weighted by Crippen LogP contribution is 2.22. The molecule has 1 aromatic heterocycles. The van der Waals surface area contributed by atoms with E-state index in [0.717, 1.165) is 5.56 Å². The molecule has 2 rings (SSSR count). The van der Waals surface area contributed by atoms with Gasteiger partial charge in [-0.3, -0.25) is 9.00 Å². The van der Waals surface area contributed by atoms with E-state index in [1.807, 2.05) is 16.8 Å². The van der Waals surface area contributed by atoms with Crippen molar-refractivity contribution in [1.29, 1.82) is 0 Å². The summed E-state index contributed by atoms with van der Waals surface area (Å²) in [5.41, 5.74) is 0.162. The zero-order valence-corrected chi connectivity index (χ0v) is 13.5. The van der Waals surface area contributed by atoms with E-state index in [2.05, 4.69) is 5.32 Å². The van der Waals surface area contributed by atoms with Crippen LogP contribution < -0.4 is 5.32 Å². The Kier molecular flexibility index (Phi) is 4.92. The minimum Gasteiger partial charge on any atom is -0.384 e. The van der Waals surface area contributed by atoms with E-state index in [9.17, 15) is 14.1 Å². The van der Waals surface area contributed by atoms with Gasteiger partial charge >= 0.3 is 0 Å². The first-order chi connectivity index (χ1) is 9.90. The highest BCUT2D eigenvalue weighted by Gasteiger charge is 2.24. The summed E-state index contributed by atoms with van der Waals surface area (Å²) in [4.78, 5) is 12.7. The summed E-state index contributed by atoms with van der Waals surface area (Å²) >= 11 is 1.50. The monoisotopic (exact) mass is 323 g/mol. The molecule has 2 aromatic rings. The van der Waals surface area contributed by atoms with Crippen molar-refractivity contribution >= 4 is 28.0 Å². The summed E-state index contributed by atoms with van der Waals surface area (Å²) in [5.74, 6) is -0.265. The predicted molar refractivity (Wildman–Crippen MR) is 85.0 cm³/mol. The smallest absolute Gasteiger partial charge is 0.251 e. The van der Waals surface area contributed by atoms with Gasteiger partial charge in [0.15, 0.2) is 0 Å². The molecule has 2 unspecified atom stereocenters. The summed E-state index contributed by atoms with van der Waals surface area (Å²) < 4.78 is 11.3. The fraction of sp³-hybridized carbons (Fsp3) is 0.267. The first-order valence-corrected chi connectivity index (χ1v) is 8.87. The van der Waals surface area contributed by atoms with Crippen LogP contribution in [0, 0.1) is 0 Å². The quantitative estimate of drug-likeness (QED) is 0.886. The molecule has 0 saturated carbocycles. The number of carbonyl (C=O) groups excluding carboxylic acids is 1. The van der Waals surface area contributed by atoms with Crippen molar-refractivity contribution in [3.05, 3.63) is 52.2 Å². The van der Waals surface area contributed by atoms with Gasteiger partial charge in [0.1, 0.15) is 5.60 Å². The number of nitrogens with one attached hydrogen (secondary N) is 1. The SMILES string of the molecule is CS(=O)c1ccc(C(=O)NCC(C)(O)c2ccsc2)cc1. The largest absolute Gasteiger partial charge is 0.384 e. The van der Waals surface area contributed by atoms with Crippen molar-refractivity contribution in [1.82, 2.24) is 5.32 Å². The lowest BCUT2D eigenvalue weighted by molar-refractivity contribution is 0.0530. The molecule has 0 aliphatic carbocycles. The summed E-state index contributed by atoms with van der Waals surface area (Å²) in [7, 11) is -1.06. The highest BCUT2D eigenvalue weighted by atomic mass is 32.2. The molecule has 0 bridgehead atoms. The Morgan fingerprint density at radius 3 is 2.52 bits per heavy atom. The zero-order valence-electron chi connectivity index (χ0n) is 11.8. The van der Waals surface area contributed by atoms with E-state index in [-0.39, 0.29) is 12.5 Å². The van der Waals surface area contributed by atoms with Crippen LogP contribution in [0.3, 0.4) is 0 Å². The van der Waals surface area contributed by atoms with Gasteiger partial charge in [0.05, 0.1) is 6.54 Å². The highest BCUT2D eigenvalue weighted by molar-refractivity contribution is 7.84.